The molecule has 0 unspecified atom stereocenters. The number of aryl methyl sites for hydroxylation is 2. The summed E-state index contributed by atoms with van der Waals surface area (Å²) in [6, 6.07) is 9.62. The molecule has 0 aromatic heterocycles. The van der Waals surface area contributed by atoms with Crippen LogP contribution in [0.5, 0.6) is 5.75 Å². The van der Waals surface area contributed by atoms with Crippen molar-refractivity contribution in [3.8, 4) is 5.75 Å². The Balaban J connectivity index is 2.13. The molecule has 4 heteroatoms. The highest BCUT2D eigenvalue weighted by Crippen LogP contribution is 2.21. The third-order valence-corrected chi connectivity index (χ3v) is 3.15. The number of nitrogens with two attached hydrogens (primary N) is 1. The minimum Gasteiger partial charge on any atom is -0.489 e. The van der Waals surface area contributed by atoms with E-state index < -0.39 is 5.91 Å². The van der Waals surface area contributed by atoms with E-state index in [1.807, 2.05) is 13.0 Å². The van der Waals surface area contributed by atoms with Gasteiger partial charge in [0.1, 0.15) is 18.2 Å². The number of halogens is 1. The van der Waals surface area contributed by atoms with Crippen LogP contribution in [0.1, 0.15) is 27.0 Å². The van der Waals surface area contributed by atoms with Crippen molar-refractivity contribution in [3.05, 3.63) is 64.5 Å². The summed E-state index contributed by atoms with van der Waals surface area (Å²) in [6.45, 7) is 4.04. The number of carbonyl (C=O) groups is 1. The van der Waals surface area contributed by atoms with Crippen molar-refractivity contribution in [3.63, 3.8) is 0 Å². The van der Waals surface area contributed by atoms with E-state index in [1.165, 1.54) is 12.1 Å². The molecule has 3 nitrogen and oxygen atoms in total. The molecule has 20 heavy (non-hydrogen) atoms. The van der Waals surface area contributed by atoms with E-state index in [0.29, 0.717) is 17.9 Å². The molecule has 2 aromatic carbocycles. The Morgan fingerprint density at radius 3 is 2.50 bits per heavy atom. The Labute approximate surface area is 117 Å². The molecule has 2 rings (SSSR count). The monoisotopic (exact) mass is 273 g/mol. The van der Waals surface area contributed by atoms with Crippen LogP contribution in [0.15, 0.2) is 36.4 Å². The Morgan fingerprint density at radius 2 is 1.90 bits per heavy atom. The average molecular weight is 273 g/mol. The van der Waals surface area contributed by atoms with Crippen molar-refractivity contribution in [1.82, 2.24) is 0 Å². The topological polar surface area (TPSA) is 52.3 Å². The second-order valence-corrected chi connectivity index (χ2v) is 4.70. The summed E-state index contributed by atoms with van der Waals surface area (Å²) in [5, 5.41) is 0. The lowest BCUT2D eigenvalue weighted by atomic mass is 10.1. The minimum atomic E-state index is -0.449. The number of ether oxygens (including phenoxy) is 1. The fourth-order valence-corrected chi connectivity index (χ4v) is 1.94. The molecule has 2 N–H and O–H groups in total. The lowest BCUT2D eigenvalue weighted by Gasteiger charge is -2.11. The Morgan fingerprint density at radius 1 is 1.15 bits per heavy atom. The number of primary amides is 1. The summed E-state index contributed by atoms with van der Waals surface area (Å²) in [5.41, 5.74) is 8.34. The van der Waals surface area contributed by atoms with Crippen LogP contribution >= 0.6 is 0 Å². The Bertz CT molecular complexity index is 653. The zero-order chi connectivity index (χ0) is 14.7. The van der Waals surface area contributed by atoms with Crippen LogP contribution in [0.25, 0.3) is 0 Å². The summed E-state index contributed by atoms with van der Waals surface area (Å²) in [7, 11) is 0. The predicted octanol–water partition coefficient (Wildman–Crippen LogP) is 3.12. The molecule has 0 aliphatic carbocycles. The Kier molecular flexibility index (Phi) is 4.03. The standard InChI is InChI=1S/C16H16FNO2/c1-10-7-12(16(18)19)3-4-13(10)9-20-15-6-5-14(17)8-11(15)2/h3-8H,9H2,1-2H3,(H2,18,19). The first-order valence-electron chi connectivity index (χ1n) is 6.25. The van der Waals surface area contributed by atoms with Gasteiger partial charge in [-0.05, 0) is 60.9 Å². The molecule has 0 aliphatic rings. The lowest BCUT2D eigenvalue weighted by Crippen LogP contribution is -2.11. The van der Waals surface area contributed by atoms with Crippen molar-refractivity contribution >= 4 is 5.91 Å². The highest BCUT2D eigenvalue weighted by molar-refractivity contribution is 5.93. The van der Waals surface area contributed by atoms with Gasteiger partial charge in [0.05, 0.1) is 0 Å². The molecule has 2 aromatic rings. The van der Waals surface area contributed by atoms with Gasteiger partial charge in [0.15, 0.2) is 0 Å². The molecule has 0 saturated heterocycles. The van der Waals surface area contributed by atoms with Crippen molar-refractivity contribution in [2.24, 2.45) is 5.73 Å². The fourth-order valence-electron chi connectivity index (χ4n) is 1.94. The quantitative estimate of drug-likeness (QED) is 0.930. The van der Waals surface area contributed by atoms with Gasteiger partial charge in [-0.15, -0.1) is 0 Å². The second-order valence-electron chi connectivity index (χ2n) is 4.70. The predicted molar refractivity (Wildman–Crippen MR) is 75.2 cm³/mol. The van der Waals surface area contributed by atoms with Crippen molar-refractivity contribution in [1.29, 1.82) is 0 Å². The summed E-state index contributed by atoms with van der Waals surface area (Å²) in [6.07, 6.45) is 0. The maximum Gasteiger partial charge on any atom is 0.248 e. The zero-order valence-electron chi connectivity index (χ0n) is 11.4. The summed E-state index contributed by atoms with van der Waals surface area (Å²) in [4.78, 5) is 11.1. The Hall–Kier alpha value is -2.36. The van der Waals surface area contributed by atoms with Gasteiger partial charge in [-0.3, -0.25) is 4.79 Å². The van der Waals surface area contributed by atoms with E-state index in [1.54, 1.807) is 25.1 Å². The van der Waals surface area contributed by atoms with Gasteiger partial charge in [0, 0.05) is 5.56 Å². The van der Waals surface area contributed by atoms with Gasteiger partial charge in [-0.25, -0.2) is 4.39 Å². The molecule has 0 atom stereocenters. The van der Waals surface area contributed by atoms with Crippen LogP contribution in [0.4, 0.5) is 4.39 Å². The van der Waals surface area contributed by atoms with Gasteiger partial charge in [-0.1, -0.05) is 6.07 Å². The maximum atomic E-state index is 13.0. The molecule has 1 amide bonds. The first-order chi connectivity index (χ1) is 9.47. The zero-order valence-corrected chi connectivity index (χ0v) is 11.4. The number of rotatable bonds is 4. The minimum absolute atomic E-state index is 0.281. The van der Waals surface area contributed by atoms with Crippen LogP contribution in [-0.4, -0.2) is 5.91 Å². The number of carbonyl (C=O) groups excluding carboxylic acids is 1. The summed E-state index contributed by atoms with van der Waals surface area (Å²) >= 11 is 0. The average Bonchev–Trinajstić information content (AvgIpc) is 2.38. The molecule has 0 bridgehead atoms. The summed E-state index contributed by atoms with van der Waals surface area (Å²) in [5.74, 6) is -0.0865. The van der Waals surface area contributed by atoms with E-state index in [2.05, 4.69) is 0 Å². The molecule has 0 spiro atoms. The third-order valence-electron chi connectivity index (χ3n) is 3.15. The van der Waals surface area contributed by atoms with Gasteiger partial charge in [0.25, 0.3) is 0 Å². The number of amides is 1. The van der Waals surface area contributed by atoms with E-state index in [-0.39, 0.29) is 5.82 Å². The normalized spacial score (nSPS) is 10.3. The van der Waals surface area contributed by atoms with Crippen LogP contribution in [0.3, 0.4) is 0 Å². The maximum absolute atomic E-state index is 13.0. The van der Waals surface area contributed by atoms with Gasteiger partial charge < -0.3 is 10.5 Å². The third kappa shape index (κ3) is 3.15. The van der Waals surface area contributed by atoms with Crippen LogP contribution in [0.2, 0.25) is 0 Å². The van der Waals surface area contributed by atoms with E-state index in [4.69, 9.17) is 10.5 Å². The fraction of sp³-hybridized carbons (Fsp3) is 0.188. The summed E-state index contributed by atoms with van der Waals surface area (Å²) < 4.78 is 18.7. The number of hydrogen-bond donors (Lipinski definition) is 1. The SMILES string of the molecule is Cc1cc(C(N)=O)ccc1COc1ccc(F)cc1C. The first-order valence-corrected chi connectivity index (χ1v) is 6.25. The molecule has 0 fully saturated rings. The highest BCUT2D eigenvalue weighted by atomic mass is 19.1. The molecule has 0 aliphatic heterocycles. The van der Waals surface area contributed by atoms with Crippen molar-refractivity contribution in [2.45, 2.75) is 20.5 Å². The number of hydrogen-bond acceptors (Lipinski definition) is 2. The van der Waals surface area contributed by atoms with E-state index in [9.17, 15) is 9.18 Å². The smallest absolute Gasteiger partial charge is 0.248 e. The van der Waals surface area contributed by atoms with Gasteiger partial charge in [0.2, 0.25) is 5.91 Å². The second kappa shape index (κ2) is 5.74. The molecular formula is C16H16FNO2. The van der Waals surface area contributed by atoms with E-state index in [0.717, 1.165) is 16.7 Å². The molecule has 104 valence electrons. The van der Waals surface area contributed by atoms with Gasteiger partial charge in [-0.2, -0.15) is 0 Å². The van der Waals surface area contributed by atoms with Crippen molar-refractivity contribution in [2.75, 3.05) is 0 Å². The van der Waals surface area contributed by atoms with Crippen molar-refractivity contribution < 1.29 is 13.9 Å². The number of benzene rings is 2. The molecule has 0 radical (unpaired) electrons. The van der Waals surface area contributed by atoms with Crippen LogP contribution in [0, 0.1) is 19.7 Å². The van der Waals surface area contributed by atoms with E-state index >= 15 is 0 Å². The van der Waals surface area contributed by atoms with Gasteiger partial charge >= 0.3 is 0 Å². The largest absolute Gasteiger partial charge is 0.489 e. The first kappa shape index (κ1) is 14.1. The lowest BCUT2D eigenvalue weighted by molar-refractivity contribution is 0.1000. The highest BCUT2D eigenvalue weighted by Gasteiger charge is 2.06. The van der Waals surface area contributed by atoms with Crippen LogP contribution in [-0.2, 0) is 6.61 Å². The van der Waals surface area contributed by atoms with Crippen LogP contribution < -0.4 is 10.5 Å². The molecule has 0 saturated carbocycles. The molecular weight excluding hydrogens is 257 g/mol. The molecule has 0 heterocycles.